The zero-order chi connectivity index (χ0) is 9.98. The molecular weight excluding hydrogens is 150 g/mol. The van der Waals surface area contributed by atoms with Gasteiger partial charge in [-0.25, -0.2) is 0 Å². The van der Waals surface area contributed by atoms with Crippen LogP contribution in [0.1, 0.15) is 34.6 Å². The minimum Gasteiger partial charge on any atom is -0.358 e. The Hall–Kier alpha value is -1.05. The van der Waals surface area contributed by atoms with Gasteiger partial charge in [0.1, 0.15) is 0 Å². The van der Waals surface area contributed by atoms with Gasteiger partial charge in [-0.1, -0.05) is 25.1 Å². The first kappa shape index (κ1) is 13.5. The summed E-state index contributed by atoms with van der Waals surface area (Å²) in [6.45, 7) is 13.1. The van der Waals surface area contributed by atoms with E-state index in [0.29, 0.717) is 0 Å². The minimum absolute atomic E-state index is 0.762. The van der Waals surface area contributed by atoms with Crippen molar-refractivity contribution >= 4 is 6.72 Å². The highest BCUT2D eigenvalue weighted by molar-refractivity contribution is 5.23. The molecular formula is C10H19NO. The van der Waals surface area contributed by atoms with Gasteiger partial charge in [0.05, 0.1) is 0 Å². The van der Waals surface area contributed by atoms with Crippen molar-refractivity contribution in [2.75, 3.05) is 0 Å². The van der Waals surface area contributed by atoms with Crippen LogP contribution in [-0.4, -0.2) is 6.72 Å². The molecule has 0 atom stereocenters. The van der Waals surface area contributed by atoms with Gasteiger partial charge in [0.25, 0.3) is 0 Å². The number of hydrogen-bond acceptors (Lipinski definition) is 2. The summed E-state index contributed by atoms with van der Waals surface area (Å²) in [5.41, 5.74) is 1.09. The van der Waals surface area contributed by atoms with Gasteiger partial charge in [-0.3, -0.25) is 0 Å². The second-order valence-corrected chi connectivity index (χ2v) is 2.08. The van der Waals surface area contributed by atoms with Gasteiger partial charge in [0.2, 0.25) is 0 Å². The standard InChI is InChI=1S/C8H13NO.C2H6/c1-5-6-8(7(2)3)10-9-4;1-2/h5-6H,4H2,1-3H3;1-2H3/b6-5-;. The Morgan fingerprint density at radius 1 is 1.33 bits per heavy atom. The van der Waals surface area contributed by atoms with Crippen molar-refractivity contribution in [3.05, 3.63) is 23.5 Å². The quantitative estimate of drug-likeness (QED) is 0.274. The van der Waals surface area contributed by atoms with Crippen molar-refractivity contribution in [1.82, 2.24) is 0 Å². The van der Waals surface area contributed by atoms with E-state index in [-0.39, 0.29) is 0 Å². The van der Waals surface area contributed by atoms with E-state index in [9.17, 15) is 0 Å². The predicted molar refractivity (Wildman–Crippen MR) is 55.2 cm³/mol. The summed E-state index contributed by atoms with van der Waals surface area (Å²) < 4.78 is 0. The second kappa shape index (κ2) is 9.95. The van der Waals surface area contributed by atoms with Gasteiger partial charge in [-0.2, -0.15) is 0 Å². The van der Waals surface area contributed by atoms with Crippen molar-refractivity contribution in [1.29, 1.82) is 0 Å². The Kier molecular flexibility index (Phi) is 11.2. The minimum atomic E-state index is 0.762. The molecule has 0 aromatic rings. The fraction of sp³-hybridized carbons (Fsp3) is 0.500. The van der Waals surface area contributed by atoms with E-state index in [1.165, 1.54) is 0 Å². The summed E-state index contributed by atoms with van der Waals surface area (Å²) in [7, 11) is 0. The SMILES string of the molecule is C=NOC(/C=C\C)=C(C)C.CC. The zero-order valence-corrected chi connectivity index (χ0v) is 8.72. The van der Waals surface area contributed by atoms with Gasteiger partial charge >= 0.3 is 0 Å². The molecule has 0 amide bonds. The number of rotatable bonds is 3. The molecule has 0 aliphatic rings. The number of oxime groups is 1. The molecule has 0 bridgehead atoms. The number of allylic oxidation sites excluding steroid dienone is 3. The molecule has 0 saturated carbocycles. The lowest BCUT2D eigenvalue weighted by Gasteiger charge is -1.99. The van der Waals surface area contributed by atoms with Gasteiger partial charge in [0, 0.05) is 6.72 Å². The predicted octanol–water partition coefficient (Wildman–Crippen LogP) is 3.51. The van der Waals surface area contributed by atoms with Crippen LogP contribution in [0.15, 0.2) is 28.6 Å². The molecule has 0 saturated heterocycles. The average Bonchev–Trinajstić information content (AvgIpc) is 2.08. The van der Waals surface area contributed by atoms with Crippen LogP contribution >= 0.6 is 0 Å². The first-order valence-corrected chi connectivity index (χ1v) is 4.15. The Morgan fingerprint density at radius 3 is 2.08 bits per heavy atom. The fourth-order valence-electron chi connectivity index (χ4n) is 0.509. The van der Waals surface area contributed by atoms with Crippen LogP contribution in [-0.2, 0) is 4.84 Å². The van der Waals surface area contributed by atoms with Crippen LogP contribution in [0.3, 0.4) is 0 Å². The van der Waals surface area contributed by atoms with Gasteiger partial charge in [-0.05, 0) is 32.4 Å². The van der Waals surface area contributed by atoms with Crippen LogP contribution < -0.4 is 0 Å². The lowest BCUT2D eigenvalue weighted by molar-refractivity contribution is 0.241. The van der Waals surface area contributed by atoms with Crippen molar-refractivity contribution in [2.24, 2.45) is 5.16 Å². The maximum Gasteiger partial charge on any atom is 0.156 e. The molecule has 0 aromatic heterocycles. The highest BCUT2D eigenvalue weighted by Crippen LogP contribution is 2.06. The average molecular weight is 169 g/mol. The molecule has 0 aromatic carbocycles. The summed E-state index contributed by atoms with van der Waals surface area (Å²) in [5.74, 6) is 0.762. The molecule has 0 rings (SSSR count). The molecule has 0 spiro atoms. The van der Waals surface area contributed by atoms with Crippen LogP contribution in [0.4, 0.5) is 0 Å². The van der Waals surface area contributed by atoms with Crippen LogP contribution in [0, 0.1) is 0 Å². The van der Waals surface area contributed by atoms with Gasteiger partial charge in [-0.15, -0.1) is 0 Å². The molecule has 0 aliphatic carbocycles. The van der Waals surface area contributed by atoms with E-state index < -0.39 is 0 Å². The van der Waals surface area contributed by atoms with E-state index in [4.69, 9.17) is 4.84 Å². The maximum absolute atomic E-state index is 4.85. The smallest absolute Gasteiger partial charge is 0.156 e. The Labute approximate surface area is 75.6 Å². The van der Waals surface area contributed by atoms with Crippen molar-refractivity contribution < 1.29 is 4.84 Å². The number of hydrogen-bond donors (Lipinski definition) is 0. The lowest BCUT2D eigenvalue weighted by atomic mass is 10.3. The van der Waals surface area contributed by atoms with E-state index in [1.54, 1.807) is 0 Å². The molecule has 0 aliphatic heterocycles. The highest BCUT2D eigenvalue weighted by atomic mass is 16.6. The maximum atomic E-state index is 4.85. The zero-order valence-electron chi connectivity index (χ0n) is 8.72. The Bertz CT molecular complexity index is 165. The van der Waals surface area contributed by atoms with Gasteiger partial charge in [0.15, 0.2) is 5.76 Å². The monoisotopic (exact) mass is 169 g/mol. The first-order valence-electron chi connectivity index (χ1n) is 4.15. The fourth-order valence-corrected chi connectivity index (χ4v) is 0.509. The third-order valence-electron chi connectivity index (χ3n) is 0.974. The Morgan fingerprint density at radius 2 is 1.83 bits per heavy atom. The second-order valence-electron chi connectivity index (χ2n) is 2.08. The third-order valence-corrected chi connectivity index (χ3v) is 0.974. The molecule has 0 heterocycles. The summed E-state index contributed by atoms with van der Waals surface area (Å²) in [6, 6.07) is 0. The van der Waals surface area contributed by atoms with Crippen molar-refractivity contribution in [3.8, 4) is 0 Å². The van der Waals surface area contributed by atoms with E-state index in [2.05, 4.69) is 11.9 Å². The van der Waals surface area contributed by atoms with E-state index >= 15 is 0 Å². The summed E-state index contributed by atoms with van der Waals surface area (Å²) in [5, 5.41) is 3.32. The van der Waals surface area contributed by atoms with Crippen LogP contribution in [0.2, 0.25) is 0 Å². The summed E-state index contributed by atoms with van der Waals surface area (Å²) in [4.78, 5) is 4.85. The largest absolute Gasteiger partial charge is 0.358 e. The summed E-state index contributed by atoms with van der Waals surface area (Å²) in [6.07, 6.45) is 3.75. The molecule has 70 valence electrons. The van der Waals surface area contributed by atoms with E-state index in [0.717, 1.165) is 11.3 Å². The van der Waals surface area contributed by atoms with E-state index in [1.807, 2.05) is 46.8 Å². The normalized spacial score (nSPS) is 8.42. The molecule has 0 N–H and O–H groups in total. The first-order chi connectivity index (χ1) is 5.72. The molecule has 0 unspecified atom stereocenters. The highest BCUT2D eigenvalue weighted by Gasteiger charge is 1.92. The molecule has 12 heavy (non-hydrogen) atoms. The number of nitrogens with zero attached hydrogens (tertiary/aromatic N) is 1. The van der Waals surface area contributed by atoms with Gasteiger partial charge < -0.3 is 4.84 Å². The third kappa shape index (κ3) is 7.06. The molecule has 0 fully saturated rings. The molecule has 2 nitrogen and oxygen atoms in total. The topological polar surface area (TPSA) is 21.6 Å². The van der Waals surface area contributed by atoms with Crippen LogP contribution in [0.25, 0.3) is 0 Å². The van der Waals surface area contributed by atoms with Crippen molar-refractivity contribution in [2.45, 2.75) is 34.6 Å². The van der Waals surface area contributed by atoms with Crippen LogP contribution in [0.5, 0.6) is 0 Å². The van der Waals surface area contributed by atoms with Crippen molar-refractivity contribution in [3.63, 3.8) is 0 Å². The molecule has 0 radical (unpaired) electrons. The lowest BCUT2D eigenvalue weighted by Crippen LogP contribution is -1.83. The molecule has 2 heteroatoms. The summed E-state index contributed by atoms with van der Waals surface area (Å²) >= 11 is 0. The Balaban J connectivity index is 0.